The molecule has 16 heavy (non-hydrogen) atoms. The zero-order chi connectivity index (χ0) is 12.8. The first-order valence-corrected chi connectivity index (χ1v) is 6.36. The molecule has 0 aromatic rings. The number of hydrogen-bond donors (Lipinski definition) is 2. The Morgan fingerprint density at radius 1 is 0.625 bits per heavy atom. The molecule has 4 heteroatoms. The number of likely N-dealkylation sites (N-methyl/N-ethyl adjacent to an activating group) is 2. The molecule has 0 aromatic carbocycles. The Hall–Kier alpha value is -0.160. The maximum atomic E-state index is 8.46. The molecule has 0 bridgehead atoms. The second-order valence-corrected chi connectivity index (χ2v) is 3.50. The molecule has 2 N–H and O–H groups in total. The second kappa shape index (κ2) is 14.8. The summed E-state index contributed by atoms with van der Waals surface area (Å²) in [5.74, 6) is 0. The largest absolute Gasteiger partial charge is 0.395 e. The van der Waals surface area contributed by atoms with Gasteiger partial charge in [0, 0.05) is 13.1 Å². The molecule has 0 fully saturated rings. The van der Waals surface area contributed by atoms with Crippen molar-refractivity contribution >= 4 is 0 Å². The maximum Gasteiger partial charge on any atom is 0.0558 e. The highest BCUT2D eigenvalue weighted by Crippen LogP contribution is 1.83. The van der Waals surface area contributed by atoms with Crippen LogP contribution in [0.25, 0.3) is 0 Å². The van der Waals surface area contributed by atoms with Crippen LogP contribution in [0.2, 0.25) is 0 Å². The molecule has 0 saturated heterocycles. The molecule has 100 valence electrons. The van der Waals surface area contributed by atoms with Gasteiger partial charge in [0.05, 0.1) is 13.2 Å². The fourth-order valence-electron chi connectivity index (χ4n) is 1.36. The van der Waals surface area contributed by atoms with Crippen molar-refractivity contribution in [3.05, 3.63) is 0 Å². The van der Waals surface area contributed by atoms with Crippen LogP contribution in [-0.4, -0.2) is 72.5 Å². The average molecular weight is 234 g/mol. The minimum absolute atomic E-state index is 0.279. The van der Waals surface area contributed by atoms with Crippen molar-refractivity contribution in [3.8, 4) is 0 Å². The zero-order valence-corrected chi connectivity index (χ0v) is 11.4. The average Bonchev–Trinajstić information content (AvgIpc) is 2.33. The van der Waals surface area contributed by atoms with Gasteiger partial charge in [0.15, 0.2) is 0 Å². The Morgan fingerprint density at radius 3 is 0.938 bits per heavy atom. The van der Waals surface area contributed by atoms with Gasteiger partial charge in [-0.05, 0) is 26.2 Å². The van der Waals surface area contributed by atoms with Gasteiger partial charge in [0.25, 0.3) is 0 Å². The van der Waals surface area contributed by atoms with Gasteiger partial charge in [-0.1, -0.05) is 27.7 Å². The third kappa shape index (κ3) is 11.9. The van der Waals surface area contributed by atoms with Gasteiger partial charge in [-0.3, -0.25) is 0 Å². The predicted octanol–water partition coefficient (Wildman–Crippen LogP) is 0.641. The number of nitrogens with zero attached hydrogens (tertiary/aromatic N) is 2. The van der Waals surface area contributed by atoms with E-state index in [4.69, 9.17) is 10.2 Å². The molecule has 4 nitrogen and oxygen atoms in total. The summed E-state index contributed by atoms with van der Waals surface area (Å²) in [6.07, 6.45) is 0. The lowest BCUT2D eigenvalue weighted by Gasteiger charge is -2.15. The van der Waals surface area contributed by atoms with Crippen molar-refractivity contribution in [3.63, 3.8) is 0 Å². The summed E-state index contributed by atoms with van der Waals surface area (Å²) < 4.78 is 0. The predicted molar refractivity (Wildman–Crippen MR) is 69.7 cm³/mol. The molecule has 0 amide bonds. The smallest absolute Gasteiger partial charge is 0.0558 e. The van der Waals surface area contributed by atoms with Crippen molar-refractivity contribution in [2.75, 3.05) is 52.5 Å². The first-order valence-electron chi connectivity index (χ1n) is 6.36. The Labute approximate surface area is 101 Å². The number of rotatable bonds is 8. The van der Waals surface area contributed by atoms with E-state index in [-0.39, 0.29) is 13.2 Å². The molecular formula is C12H30N2O2. The van der Waals surface area contributed by atoms with Gasteiger partial charge in [0.2, 0.25) is 0 Å². The van der Waals surface area contributed by atoms with Gasteiger partial charge in [-0.25, -0.2) is 0 Å². The summed E-state index contributed by atoms with van der Waals surface area (Å²) >= 11 is 0. The highest BCUT2D eigenvalue weighted by Gasteiger charge is 1.94. The van der Waals surface area contributed by atoms with E-state index in [9.17, 15) is 0 Å². The van der Waals surface area contributed by atoms with Gasteiger partial charge in [-0.2, -0.15) is 0 Å². The first-order chi connectivity index (χ1) is 7.69. The molecule has 0 aliphatic carbocycles. The zero-order valence-electron chi connectivity index (χ0n) is 11.4. The molecule has 0 spiro atoms. The summed E-state index contributed by atoms with van der Waals surface area (Å²) in [5.41, 5.74) is 0. The van der Waals surface area contributed by atoms with Crippen molar-refractivity contribution in [2.24, 2.45) is 0 Å². The summed E-state index contributed by atoms with van der Waals surface area (Å²) in [7, 11) is 0. The molecule has 0 saturated carbocycles. The van der Waals surface area contributed by atoms with Crippen LogP contribution in [0.15, 0.2) is 0 Å². The lowest BCUT2D eigenvalue weighted by atomic mass is 10.5. The van der Waals surface area contributed by atoms with E-state index in [0.29, 0.717) is 0 Å². The Kier molecular flexibility index (Phi) is 16.9. The fourth-order valence-corrected chi connectivity index (χ4v) is 1.36. The second-order valence-electron chi connectivity index (χ2n) is 3.50. The van der Waals surface area contributed by atoms with Crippen molar-refractivity contribution in [2.45, 2.75) is 27.7 Å². The topological polar surface area (TPSA) is 46.9 Å². The molecule has 0 aromatic heterocycles. The third-order valence-electron chi connectivity index (χ3n) is 2.62. The summed E-state index contributed by atoms with van der Waals surface area (Å²) in [6, 6.07) is 0. The van der Waals surface area contributed by atoms with Crippen molar-refractivity contribution < 1.29 is 10.2 Å². The normalized spacial score (nSPS) is 10.5. The minimum atomic E-state index is 0.279. The first kappa shape index (κ1) is 18.2. The van der Waals surface area contributed by atoms with E-state index >= 15 is 0 Å². The van der Waals surface area contributed by atoms with Crippen molar-refractivity contribution in [1.82, 2.24) is 9.80 Å². The molecule has 0 rings (SSSR count). The molecule has 0 radical (unpaired) electrons. The molecule has 0 heterocycles. The maximum absolute atomic E-state index is 8.46. The highest BCUT2D eigenvalue weighted by molar-refractivity contribution is 4.48. The summed E-state index contributed by atoms with van der Waals surface area (Å²) in [6.45, 7) is 14.7. The molecule has 0 unspecified atom stereocenters. The molecule has 0 atom stereocenters. The minimum Gasteiger partial charge on any atom is -0.395 e. The van der Waals surface area contributed by atoms with E-state index in [0.717, 1.165) is 39.3 Å². The Balaban J connectivity index is 0. The standard InChI is InChI=1S/2C6H15NO/c2*1-3-7(4-2)5-6-8/h2*8H,3-6H2,1-2H3. The van der Waals surface area contributed by atoms with E-state index in [1.54, 1.807) is 0 Å². The van der Waals surface area contributed by atoms with Crippen molar-refractivity contribution in [1.29, 1.82) is 0 Å². The van der Waals surface area contributed by atoms with Crippen LogP contribution in [0.4, 0.5) is 0 Å². The van der Waals surface area contributed by atoms with Gasteiger partial charge in [0.1, 0.15) is 0 Å². The fraction of sp³-hybridized carbons (Fsp3) is 1.00. The lowest BCUT2D eigenvalue weighted by Crippen LogP contribution is -2.25. The summed E-state index contributed by atoms with van der Waals surface area (Å²) in [5, 5.41) is 16.9. The number of hydrogen-bond acceptors (Lipinski definition) is 4. The third-order valence-corrected chi connectivity index (χ3v) is 2.62. The van der Waals surface area contributed by atoms with Crippen LogP contribution < -0.4 is 0 Å². The van der Waals surface area contributed by atoms with Gasteiger partial charge >= 0.3 is 0 Å². The lowest BCUT2D eigenvalue weighted by molar-refractivity contribution is 0.208. The van der Waals surface area contributed by atoms with E-state index in [1.165, 1.54) is 0 Å². The quantitative estimate of drug-likeness (QED) is 0.647. The highest BCUT2D eigenvalue weighted by atomic mass is 16.3. The van der Waals surface area contributed by atoms with Crippen LogP contribution in [0.1, 0.15) is 27.7 Å². The SMILES string of the molecule is CCN(CC)CCO.CCN(CC)CCO. The Bertz CT molecular complexity index is 102. The van der Waals surface area contributed by atoms with E-state index in [1.807, 2.05) is 0 Å². The van der Waals surface area contributed by atoms with Crippen LogP contribution in [0.3, 0.4) is 0 Å². The van der Waals surface area contributed by atoms with Crippen LogP contribution in [-0.2, 0) is 0 Å². The van der Waals surface area contributed by atoms with Crippen LogP contribution in [0.5, 0.6) is 0 Å². The van der Waals surface area contributed by atoms with Gasteiger partial charge < -0.3 is 20.0 Å². The number of aliphatic hydroxyl groups excluding tert-OH is 2. The van der Waals surface area contributed by atoms with E-state index in [2.05, 4.69) is 37.5 Å². The van der Waals surface area contributed by atoms with Gasteiger partial charge in [-0.15, -0.1) is 0 Å². The van der Waals surface area contributed by atoms with Crippen LogP contribution >= 0.6 is 0 Å². The Morgan fingerprint density at radius 2 is 0.875 bits per heavy atom. The molecule has 0 aliphatic heterocycles. The molecule has 0 aliphatic rings. The number of aliphatic hydroxyl groups is 2. The summed E-state index contributed by atoms with van der Waals surface area (Å²) in [4.78, 5) is 4.36. The van der Waals surface area contributed by atoms with Crippen LogP contribution in [0, 0.1) is 0 Å². The van der Waals surface area contributed by atoms with E-state index < -0.39 is 0 Å². The molecular weight excluding hydrogens is 204 g/mol. The monoisotopic (exact) mass is 234 g/mol.